The quantitative estimate of drug-likeness (QED) is 0.188. The lowest BCUT2D eigenvalue weighted by Gasteiger charge is -2.18. The third kappa shape index (κ3) is 10.1. The van der Waals surface area contributed by atoms with E-state index >= 15 is 0 Å². The van der Waals surface area contributed by atoms with Crippen molar-refractivity contribution in [2.45, 2.75) is 12.5 Å². The van der Waals surface area contributed by atoms with Crippen LogP contribution in [0.3, 0.4) is 0 Å². The Labute approximate surface area is 159 Å². The number of rotatable bonds is 12. The van der Waals surface area contributed by atoms with Crippen LogP contribution in [-0.2, 0) is 30.3 Å². The number of likely N-dealkylation sites (N-methyl/N-ethyl adjacent to an activating group) is 1. The highest BCUT2D eigenvalue weighted by Gasteiger charge is 2.21. The summed E-state index contributed by atoms with van der Waals surface area (Å²) >= 11 is 0. The molecule has 1 aromatic carbocycles. The van der Waals surface area contributed by atoms with Crippen LogP contribution in [0.4, 0.5) is 0 Å². The van der Waals surface area contributed by atoms with Crippen LogP contribution in [0, 0.1) is 0 Å². The largest absolute Gasteiger partial charge is 0.355 e. The number of amides is 3. The van der Waals surface area contributed by atoms with E-state index in [1.807, 2.05) is 30.3 Å². The molecule has 0 aliphatic carbocycles. The molecule has 9 nitrogen and oxygen atoms in total. The summed E-state index contributed by atoms with van der Waals surface area (Å²) in [7, 11) is 6.51. The molecule has 0 heterocycles. The molecule has 4 N–H and O–H groups in total. The Hall–Kier alpha value is -2.72. The highest BCUT2D eigenvalue weighted by molar-refractivity contribution is 6.58. The summed E-state index contributed by atoms with van der Waals surface area (Å²) in [6, 6.07) is 8.37. The predicted molar refractivity (Wildman–Crippen MR) is 98.7 cm³/mol. The molecule has 0 saturated carbocycles. The van der Waals surface area contributed by atoms with E-state index < -0.39 is 23.5 Å². The maximum atomic E-state index is 12.4. The number of nitrogens with one attached hydrogen (secondary N) is 4. The number of ether oxygens (including phenoxy) is 1. The maximum Gasteiger partial charge on any atom is 0.243 e. The van der Waals surface area contributed by atoms with Gasteiger partial charge >= 0.3 is 0 Å². The van der Waals surface area contributed by atoms with Gasteiger partial charge in [-0.3, -0.25) is 14.4 Å². The molecular weight excluding hydrogens is 351 g/mol. The fourth-order valence-electron chi connectivity index (χ4n) is 2.10. The second-order valence-electron chi connectivity index (χ2n) is 5.62. The topological polar surface area (TPSA) is 126 Å². The van der Waals surface area contributed by atoms with Gasteiger partial charge in [0.15, 0.2) is 7.85 Å². The van der Waals surface area contributed by atoms with E-state index in [4.69, 9.17) is 12.6 Å². The van der Waals surface area contributed by atoms with E-state index in [-0.39, 0.29) is 38.8 Å². The van der Waals surface area contributed by atoms with Crippen LogP contribution in [0.1, 0.15) is 5.56 Å². The number of hydrogen-bond acceptors (Lipinski definition) is 6. The lowest BCUT2D eigenvalue weighted by atomic mass is 10.1. The number of carbonyl (C=O) groups excluding carboxylic acids is 4. The molecule has 0 bridgehead atoms. The van der Waals surface area contributed by atoms with Gasteiger partial charge < -0.3 is 30.8 Å². The maximum absolute atomic E-state index is 12.4. The highest BCUT2D eigenvalue weighted by Crippen LogP contribution is 2.03. The molecule has 1 aromatic rings. The summed E-state index contributed by atoms with van der Waals surface area (Å²) in [5.41, 5.74) is 0.213. The monoisotopic (exact) mass is 374 g/mol. The lowest BCUT2D eigenvalue weighted by molar-refractivity contribution is -0.130. The smallest absolute Gasteiger partial charge is 0.243 e. The normalized spacial score (nSPS) is 11.3. The molecule has 0 aromatic heterocycles. The van der Waals surface area contributed by atoms with Crippen molar-refractivity contribution in [1.29, 1.82) is 0 Å². The average molecular weight is 374 g/mol. The molecule has 1 rings (SSSR count). The van der Waals surface area contributed by atoms with Crippen LogP contribution in [-0.4, -0.2) is 70.8 Å². The first-order valence-electron chi connectivity index (χ1n) is 8.30. The Kier molecular flexibility index (Phi) is 10.4. The van der Waals surface area contributed by atoms with Crippen LogP contribution >= 0.6 is 0 Å². The zero-order valence-corrected chi connectivity index (χ0v) is 15.1. The summed E-state index contributed by atoms with van der Waals surface area (Å²) in [6.07, 6.45) is 0.283. The number of hydrogen-bond donors (Lipinski definition) is 4. The minimum absolute atomic E-state index is 0.0657. The minimum Gasteiger partial charge on any atom is -0.355 e. The molecule has 2 radical (unpaired) electrons. The second kappa shape index (κ2) is 12.6. The van der Waals surface area contributed by atoms with Crippen molar-refractivity contribution in [1.82, 2.24) is 21.3 Å². The van der Waals surface area contributed by atoms with Crippen LogP contribution in [0.15, 0.2) is 30.3 Å². The molecular formula is C17H23BN4O5. The van der Waals surface area contributed by atoms with Crippen molar-refractivity contribution >= 4 is 31.3 Å². The van der Waals surface area contributed by atoms with Gasteiger partial charge in [0.05, 0.1) is 19.7 Å². The van der Waals surface area contributed by atoms with E-state index in [2.05, 4.69) is 21.3 Å². The Morgan fingerprint density at radius 2 is 1.74 bits per heavy atom. The van der Waals surface area contributed by atoms with E-state index in [0.717, 1.165) is 5.56 Å². The Balaban J connectivity index is 2.52. The van der Waals surface area contributed by atoms with Gasteiger partial charge in [0.2, 0.25) is 17.7 Å². The van der Waals surface area contributed by atoms with Gasteiger partial charge in [0.1, 0.15) is 18.5 Å². The lowest BCUT2D eigenvalue weighted by Crippen LogP contribution is -2.51. The second-order valence-corrected chi connectivity index (χ2v) is 5.62. The first kappa shape index (κ1) is 22.3. The highest BCUT2D eigenvalue weighted by atomic mass is 16.5. The standard InChI is InChI=1S/C17H23BN4O5/c1-19-8-16(25)22-13(7-12-5-3-2-4-6-12)17(26)20-9-15(24)21-11-27-10-14(18)23/h2-6,13,19H,7-11H2,1H3,(H,20,26)(H,21,24)(H,22,25). The van der Waals surface area contributed by atoms with Crippen molar-refractivity contribution in [2.75, 3.05) is 33.5 Å². The average Bonchev–Trinajstić information content (AvgIpc) is 2.63. The zero-order valence-electron chi connectivity index (χ0n) is 15.1. The van der Waals surface area contributed by atoms with E-state index in [1.165, 1.54) is 0 Å². The molecule has 3 amide bonds. The zero-order chi connectivity index (χ0) is 20.1. The Bertz CT molecular complexity index is 641. The fourth-order valence-corrected chi connectivity index (χ4v) is 2.10. The first-order valence-corrected chi connectivity index (χ1v) is 8.30. The van der Waals surface area contributed by atoms with Crippen molar-refractivity contribution in [3.63, 3.8) is 0 Å². The van der Waals surface area contributed by atoms with Gasteiger partial charge in [-0.15, -0.1) is 0 Å². The van der Waals surface area contributed by atoms with Crippen molar-refractivity contribution < 1.29 is 23.9 Å². The van der Waals surface area contributed by atoms with E-state index in [9.17, 15) is 19.2 Å². The SMILES string of the molecule is [B]C(=O)COCNC(=O)CNC(=O)C(Cc1ccccc1)NC(=O)CNC. The summed E-state index contributed by atoms with van der Waals surface area (Å²) in [6.45, 7) is -0.754. The van der Waals surface area contributed by atoms with Crippen LogP contribution in [0.5, 0.6) is 0 Å². The van der Waals surface area contributed by atoms with Gasteiger partial charge in [-0.2, -0.15) is 0 Å². The first-order chi connectivity index (χ1) is 12.9. The molecule has 144 valence electrons. The molecule has 0 aliphatic heterocycles. The summed E-state index contributed by atoms with van der Waals surface area (Å²) in [5, 5.41) is 10.2. The third-order valence-corrected chi connectivity index (χ3v) is 3.31. The van der Waals surface area contributed by atoms with Gasteiger partial charge in [-0.05, 0) is 12.6 Å². The summed E-state index contributed by atoms with van der Waals surface area (Å²) < 4.78 is 4.80. The van der Waals surface area contributed by atoms with Gasteiger partial charge in [-0.25, -0.2) is 0 Å². The van der Waals surface area contributed by atoms with Crippen molar-refractivity contribution in [2.24, 2.45) is 0 Å². The Morgan fingerprint density at radius 3 is 2.37 bits per heavy atom. The third-order valence-electron chi connectivity index (χ3n) is 3.31. The van der Waals surface area contributed by atoms with Crippen molar-refractivity contribution in [3.8, 4) is 0 Å². The predicted octanol–water partition coefficient (Wildman–Crippen LogP) is -2.17. The van der Waals surface area contributed by atoms with Gasteiger partial charge in [0, 0.05) is 6.42 Å². The van der Waals surface area contributed by atoms with Crippen LogP contribution in [0.25, 0.3) is 0 Å². The molecule has 0 spiro atoms. The number of benzene rings is 1. The Morgan fingerprint density at radius 1 is 1.04 bits per heavy atom. The fraction of sp³-hybridized carbons (Fsp3) is 0.412. The van der Waals surface area contributed by atoms with E-state index in [1.54, 1.807) is 7.05 Å². The van der Waals surface area contributed by atoms with Crippen molar-refractivity contribution in [3.05, 3.63) is 35.9 Å². The van der Waals surface area contributed by atoms with E-state index in [0.29, 0.717) is 0 Å². The minimum atomic E-state index is -0.827. The molecule has 0 aliphatic rings. The van der Waals surface area contributed by atoms with Gasteiger partial charge in [0.25, 0.3) is 0 Å². The molecule has 10 heteroatoms. The molecule has 1 unspecified atom stereocenters. The molecule has 0 fully saturated rings. The molecule has 27 heavy (non-hydrogen) atoms. The van der Waals surface area contributed by atoms with Gasteiger partial charge in [-0.1, -0.05) is 30.3 Å². The summed E-state index contributed by atoms with van der Waals surface area (Å²) in [4.78, 5) is 46.4. The number of carbonyl (C=O) groups is 4. The molecule has 1 atom stereocenters. The van der Waals surface area contributed by atoms with Crippen LogP contribution < -0.4 is 21.3 Å². The molecule has 0 saturated heterocycles. The van der Waals surface area contributed by atoms with Crippen LogP contribution in [0.2, 0.25) is 0 Å². The summed E-state index contributed by atoms with van der Waals surface area (Å²) in [5.74, 6) is -1.33.